The molecule has 1 spiro atoms. The third-order valence-corrected chi connectivity index (χ3v) is 6.26. The van der Waals surface area contributed by atoms with Crippen LogP contribution in [-0.4, -0.2) is 56.2 Å². The number of hydrogen-bond donors (Lipinski definition) is 1. The molecular weight excluding hydrogens is 441 g/mol. The topological polar surface area (TPSA) is 93.9 Å². The van der Waals surface area contributed by atoms with Gasteiger partial charge in [0.1, 0.15) is 24.6 Å². The highest BCUT2D eigenvalue weighted by Gasteiger charge is 2.58. The van der Waals surface area contributed by atoms with E-state index in [9.17, 15) is 18.0 Å². The Labute approximate surface area is 185 Å². The number of hydrogen-bond acceptors (Lipinski definition) is 7. The van der Waals surface area contributed by atoms with Crippen LogP contribution in [0.2, 0.25) is 0 Å². The van der Waals surface area contributed by atoms with Gasteiger partial charge < -0.3 is 19.7 Å². The van der Waals surface area contributed by atoms with E-state index in [2.05, 4.69) is 20.4 Å². The Hall–Kier alpha value is -3.57. The van der Waals surface area contributed by atoms with Crippen LogP contribution in [0.25, 0.3) is 5.65 Å². The number of halogens is 3. The Balaban J connectivity index is 1.52. The summed E-state index contributed by atoms with van der Waals surface area (Å²) in [6, 6.07) is 1.17. The first-order valence-electron chi connectivity index (χ1n) is 10.5. The van der Waals surface area contributed by atoms with E-state index in [0.29, 0.717) is 23.7 Å². The predicted molar refractivity (Wildman–Crippen MR) is 108 cm³/mol. The molecule has 0 aromatic carbocycles. The second-order valence-electron chi connectivity index (χ2n) is 8.89. The van der Waals surface area contributed by atoms with Crippen LogP contribution < -0.4 is 19.7 Å². The molecule has 0 saturated heterocycles. The summed E-state index contributed by atoms with van der Waals surface area (Å²) in [7, 11) is 0. The van der Waals surface area contributed by atoms with Gasteiger partial charge in [0.2, 0.25) is 5.88 Å². The fourth-order valence-electron chi connectivity index (χ4n) is 4.67. The Kier molecular flexibility index (Phi) is 4.08. The van der Waals surface area contributed by atoms with Crippen LogP contribution in [0, 0.1) is 5.82 Å². The minimum atomic E-state index is -2.92. The summed E-state index contributed by atoms with van der Waals surface area (Å²) in [4.78, 5) is 23.7. The quantitative estimate of drug-likeness (QED) is 0.550. The molecule has 3 aliphatic rings. The van der Waals surface area contributed by atoms with Gasteiger partial charge in [-0.05, 0) is 13.0 Å². The maximum Gasteiger partial charge on any atom is 0.257 e. The summed E-state index contributed by atoms with van der Waals surface area (Å²) >= 11 is 0. The van der Waals surface area contributed by atoms with Gasteiger partial charge in [0, 0.05) is 18.4 Å². The normalized spacial score (nSPS) is 22.8. The zero-order valence-electron chi connectivity index (χ0n) is 17.5. The predicted octanol–water partition coefficient (Wildman–Crippen LogP) is 2.34. The zero-order valence-corrected chi connectivity index (χ0v) is 17.5. The molecule has 0 radical (unpaired) electrons. The van der Waals surface area contributed by atoms with Crippen molar-refractivity contribution in [2.45, 2.75) is 43.8 Å². The largest absolute Gasteiger partial charge is 0.486 e. The van der Waals surface area contributed by atoms with E-state index in [4.69, 9.17) is 9.47 Å². The van der Waals surface area contributed by atoms with Crippen LogP contribution in [0.5, 0.6) is 11.6 Å². The molecule has 2 bridgehead atoms. The van der Waals surface area contributed by atoms with Gasteiger partial charge in [-0.3, -0.25) is 4.79 Å². The molecule has 2 aliphatic heterocycles. The average Bonchev–Trinajstić information content (AvgIpc) is 3.15. The first-order chi connectivity index (χ1) is 15.7. The van der Waals surface area contributed by atoms with Crippen molar-refractivity contribution in [3.05, 3.63) is 41.6 Å². The van der Waals surface area contributed by atoms with Gasteiger partial charge in [0.15, 0.2) is 17.2 Å². The van der Waals surface area contributed by atoms with Crippen molar-refractivity contribution in [2.24, 2.45) is 0 Å². The van der Waals surface area contributed by atoms with E-state index in [1.807, 2.05) is 11.8 Å². The third-order valence-electron chi connectivity index (χ3n) is 6.26. The van der Waals surface area contributed by atoms with E-state index in [1.54, 1.807) is 6.20 Å². The Bertz CT molecular complexity index is 1290. The summed E-state index contributed by atoms with van der Waals surface area (Å²) in [5.41, 5.74) is -0.473. The van der Waals surface area contributed by atoms with Crippen molar-refractivity contribution in [3.63, 3.8) is 0 Å². The SMILES string of the molecule is C[C@@H]1COc2cn3ncc4c3nc2N1Cc1cc(F)cnc1OCC1(CC(F)(F)C1)NC4=O. The molecule has 12 heteroatoms. The molecule has 3 aromatic heterocycles. The Morgan fingerprint density at radius 1 is 1.24 bits per heavy atom. The van der Waals surface area contributed by atoms with Crippen LogP contribution in [0.15, 0.2) is 24.7 Å². The zero-order chi connectivity index (χ0) is 23.0. The lowest BCUT2D eigenvalue weighted by molar-refractivity contribution is -0.140. The highest BCUT2D eigenvalue weighted by Crippen LogP contribution is 2.46. The summed E-state index contributed by atoms with van der Waals surface area (Å²) < 4.78 is 54.9. The first kappa shape index (κ1) is 20.1. The van der Waals surface area contributed by atoms with E-state index >= 15 is 0 Å². The number of alkyl halides is 2. The van der Waals surface area contributed by atoms with Gasteiger partial charge in [-0.2, -0.15) is 5.10 Å². The lowest BCUT2D eigenvalue weighted by Gasteiger charge is -2.47. The molecule has 172 valence electrons. The molecule has 0 unspecified atom stereocenters. The lowest BCUT2D eigenvalue weighted by Crippen LogP contribution is -2.65. The van der Waals surface area contributed by atoms with Gasteiger partial charge >= 0.3 is 0 Å². The number of amides is 1. The number of carbonyl (C=O) groups excluding carboxylic acids is 1. The molecule has 33 heavy (non-hydrogen) atoms. The Morgan fingerprint density at radius 2 is 2.06 bits per heavy atom. The van der Waals surface area contributed by atoms with Crippen molar-refractivity contribution in [3.8, 4) is 11.6 Å². The number of rotatable bonds is 0. The second kappa shape index (κ2) is 6.72. The molecule has 5 heterocycles. The molecule has 1 amide bonds. The fraction of sp³-hybridized carbons (Fsp3) is 0.429. The maximum atomic E-state index is 14.1. The van der Waals surface area contributed by atoms with Gasteiger partial charge in [0.25, 0.3) is 11.8 Å². The molecule has 1 atom stereocenters. The van der Waals surface area contributed by atoms with Crippen LogP contribution >= 0.6 is 0 Å². The van der Waals surface area contributed by atoms with E-state index in [1.165, 1.54) is 16.8 Å². The molecule has 1 aliphatic carbocycles. The van der Waals surface area contributed by atoms with Crippen molar-refractivity contribution < 1.29 is 27.4 Å². The number of pyridine rings is 1. The minimum absolute atomic E-state index is 0.115. The molecular formula is C21H19F3N6O3. The van der Waals surface area contributed by atoms with Crippen molar-refractivity contribution in [1.29, 1.82) is 0 Å². The number of nitrogens with one attached hydrogen (secondary N) is 1. The van der Waals surface area contributed by atoms with Gasteiger partial charge in [0.05, 0.1) is 36.7 Å². The number of nitrogens with zero attached hydrogens (tertiary/aromatic N) is 5. The fourth-order valence-corrected chi connectivity index (χ4v) is 4.67. The van der Waals surface area contributed by atoms with Crippen molar-refractivity contribution >= 4 is 17.4 Å². The van der Waals surface area contributed by atoms with Crippen LogP contribution in [-0.2, 0) is 6.54 Å². The smallest absolute Gasteiger partial charge is 0.257 e. The molecule has 1 saturated carbocycles. The number of ether oxygens (including phenoxy) is 2. The highest BCUT2D eigenvalue weighted by atomic mass is 19.3. The molecule has 9 nitrogen and oxygen atoms in total. The summed E-state index contributed by atoms with van der Waals surface area (Å²) in [6.07, 6.45) is 2.80. The molecule has 6 rings (SSSR count). The number of fused-ring (bicyclic) bond motifs is 1. The first-order valence-corrected chi connectivity index (χ1v) is 10.5. The van der Waals surface area contributed by atoms with Crippen molar-refractivity contribution in [2.75, 3.05) is 18.1 Å². The van der Waals surface area contributed by atoms with Gasteiger partial charge in [-0.1, -0.05) is 0 Å². The summed E-state index contributed by atoms with van der Waals surface area (Å²) in [5.74, 6) is -3.04. The molecule has 1 N–H and O–H groups in total. The average molecular weight is 460 g/mol. The van der Waals surface area contributed by atoms with E-state index < -0.39 is 36.0 Å². The molecule has 1 fully saturated rings. The standard InChI is InChI=1S/C21H19F3N6O3/c1-11-7-32-15-6-30-16-14(4-26-30)18(31)28-20(8-21(23,24)9-20)10-33-19-12(2-13(22)3-25-19)5-29(11)17(15)27-16/h2-4,6,11H,5,7-10H2,1H3,(H,28,31)/t11-/m1/s1. The number of carbonyl (C=O) groups is 1. The van der Waals surface area contributed by atoms with Crippen LogP contribution in [0.1, 0.15) is 35.7 Å². The Morgan fingerprint density at radius 3 is 2.85 bits per heavy atom. The van der Waals surface area contributed by atoms with Gasteiger partial charge in [-0.25, -0.2) is 27.7 Å². The monoisotopic (exact) mass is 460 g/mol. The van der Waals surface area contributed by atoms with E-state index in [0.717, 1.165) is 6.20 Å². The molecule has 3 aromatic rings. The summed E-state index contributed by atoms with van der Waals surface area (Å²) in [5, 5.41) is 6.88. The third kappa shape index (κ3) is 3.23. The van der Waals surface area contributed by atoms with Crippen molar-refractivity contribution in [1.82, 2.24) is 24.9 Å². The number of anilines is 1. The van der Waals surface area contributed by atoms with Crippen LogP contribution in [0.3, 0.4) is 0 Å². The van der Waals surface area contributed by atoms with Crippen LogP contribution in [0.4, 0.5) is 19.0 Å². The highest BCUT2D eigenvalue weighted by molar-refractivity contribution is 6.00. The minimum Gasteiger partial charge on any atom is -0.486 e. The summed E-state index contributed by atoms with van der Waals surface area (Å²) in [6.45, 7) is 2.23. The second-order valence-corrected chi connectivity index (χ2v) is 8.89. The lowest BCUT2D eigenvalue weighted by atomic mass is 9.73. The van der Waals surface area contributed by atoms with Gasteiger partial charge in [-0.15, -0.1) is 0 Å². The van der Waals surface area contributed by atoms with E-state index in [-0.39, 0.29) is 36.3 Å². The maximum absolute atomic E-state index is 14.1. The number of aromatic nitrogens is 4.